The van der Waals surface area contributed by atoms with E-state index >= 15 is 0 Å². The highest BCUT2D eigenvalue weighted by Crippen LogP contribution is 2.36. The molecule has 0 saturated carbocycles. The molecule has 0 unspecified atom stereocenters. The molecule has 0 aliphatic carbocycles. The van der Waals surface area contributed by atoms with Crippen LogP contribution in [0.1, 0.15) is 0 Å². The first kappa shape index (κ1) is 8.66. The van der Waals surface area contributed by atoms with Crippen LogP contribution < -0.4 is 0 Å². The summed E-state index contributed by atoms with van der Waals surface area (Å²) >= 11 is 8.08. The van der Waals surface area contributed by atoms with Gasteiger partial charge in [-0.3, -0.25) is 0 Å². The zero-order chi connectivity index (χ0) is 8.72. The fraction of sp³-hybridized carbons (Fsp3) is 0. The molecule has 4 heteroatoms. The molecule has 2 rings (SSSR count). The predicted octanol–water partition coefficient (Wildman–Crippen LogP) is 4.57. The monoisotopic (exact) mass is 308 g/mol. The first-order chi connectivity index (χ1) is 5.70. The van der Waals surface area contributed by atoms with Crippen molar-refractivity contribution >= 4 is 53.3 Å². The summed E-state index contributed by atoms with van der Waals surface area (Å²) in [6.45, 7) is 0. The van der Waals surface area contributed by atoms with E-state index in [2.05, 4.69) is 31.9 Å². The maximum atomic E-state index is 13.1. The van der Waals surface area contributed by atoms with Crippen molar-refractivity contribution in [3.8, 4) is 0 Å². The summed E-state index contributed by atoms with van der Waals surface area (Å²) in [6, 6.07) is 3.74. The molecule has 0 amide bonds. The summed E-state index contributed by atoms with van der Waals surface area (Å²) in [5, 5.41) is 2.18. The first-order valence-electron chi connectivity index (χ1n) is 3.21. The minimum absolute atomic E-state index is 0.164. The summed E-state index contributed by atoms with van der Waals surface area (Å²) in [5.41, 5.74) is 0. The third-order valence-corrected chi connectivity index (χ3v) is 4.15. The second-order valence-corrected chi connectivity index (χ2v) is 4.91. The lowest BCUT2D eigenvalue weighted by molar-refractivity contribution is 0.644. The second-order valence-electron chi connectivity index (χ2n) is 2.32. The smallest absolute Gasteiger partial charge is 0.142 e. The summed E-state index contributed by atoms with van der Waals surface area (Å²) < 4.78 is 15.8. The van der Waals surface area contributed by atoms with Crippen LogP contribution in [0.25, 0.3) is 10.1 Å². The van der Waals surface area contributed by atoms with Crippen LogP contribution in [0.4, 0.5) is 4.39 Å². The van der Waals surface area contributed by atoms with Crippen molar-refractivity contribution < 1.29 is 4.39 Å². The van der Waals surface area contributed by atoms with Crippen molar-refractivity contribution in [3.05, 3.63) is 32.3 Å². The lowest BCUT2D eigenvalue weighted by Gasteiger charge is -1.95. The number of halogens is 3. The van der Waals surface area contributed by atoms with Crippen molar-refractivity contribution in [2.45, 2.75) is 0 Å². The summed E-state index contributed by atoms with van der Waals surface area (Å²) in [6.07, 6.45) is 0. The number of thiophene rings is 1. The molecule has 0 fully saturated rings. The average Bonchev–Trinajstić information content (AvgIpc) is 2.42. The van der Waals surface area contributed by atoms with E-state index in [9.17, 15) is 4.39 Å². The van der Waals surface area contributed by atoms with E-state index < -0.39 is 0 Å². The summed E-state index contributed by atoms with van der Waals surface area (Å²) in [4.78, 5) is 0. The van der Waals surface area contributed by atoms with Crippen LogP contribution in [0.3, 0.4) is 0 Å². The van der Waals surface area contributed by atoms with Gasteiger partial charge in [0.1, 0.15) is 5.82 Å². The molecule has 0 atom stereocenters. The van der Waals surface area contributed by atoms with E-state index in [1.807, 2.05) is 12.1 Å². The minimum atomic E-state index is -0.164. The Kier molecular flexibility index (Phi) is 2.23. The highest BCUT2D eigenvalue weighted by Gasteiger charge is 2.09. The molecular weight excluding hydrogens is 307 g/mol. The van der Waals surface area contributed by atoms with E-state index in [0.29, 0.717) is 5.39 Å². The number of hydrogen-bond donors (Lipinski definition) is 0. The SMILES string of the molecule is Fc1csc2c(Br)ccc(Br)c12. The molecule has 1 aromatic carbocycles. The van der Waals surface area contributed by atoms with E-state index in [1.165, 1.54) is 16.7 Å². The van der Waals surface area contributed by atoms with E-state index in [-0.39, 0.29) is 5.82 Å². The molecule has 0 nitrogen and oxygen atoms in total. The van der Waals surface area contributed by atoms with Gasteiger partial charge in [-0.2, -0.15) is 0 Å². The van der Waals surface area contributed by atoms with Crippen molar-refractivity contribution in [2.75, 3.05) is 0 Å². The Morgan fingerprint density at radius 1 is 1.17 bits per heavy atom. The highest BCUT2D eigenvalue weighted by molar-refractivity contribution is 9.11. The summed E-state index contributed by atoms with van der Waals surface area (Å²) in [5.74, 6) is -0.164. The van der Waals surface area contributed by atoms with Gasteiger partial charge in [-0.25, -0.2) is 4.39 Å². The predicted molar refractivity (Wildman–Crippen MR) is 57.2 cm³/mol. The third-order valence-electron chi connectivity index (χ3n) is 1.58. The zero-order valence-electron chi connectivity index (χ0n) is 5.77. The minimum Gasteiger partial charge on any atom is -0.205 e. The van der Waals surface area contributed by atoms with Gasteiger partial charge in [-0.05, 0) is 28.1 Å². The van der Waals surface area contributed by atoms with Crippen LogP contribution >= 0.6 is 43.2 Å². The quantitative estimate of drug-likeness (QED) is 0.669. The number of fused-ring (bicyclic) bond motifs is 1. The Morgan fingerprint density at radius 2 is 1.83 bits per heavy atom. The topological polar surface area (TPSA) is 0 Å². The van der Waals surface area contributed by atoms with Gasteiger partial charge in [0.2, 0.25) is 0 Å². The van der Waals surface area contributed by atoms with E-state index in [4.69, 9.17) is 0 Å². The Morgan fingerprint density at radius 3 is 2.50 bits per heavy atom. The molecule has 62 valence electrons. The second kappa shape index (κ2) is 3.09. The molecule has 1 heterocycles. The van der Waals surface area contributed by atoms with Crippen molar-refractivity contribution in [1.82, 2.24) is 0 Å². The molecule has 0 aliphatic rings. The molecule has 0 N–H and O–H groups in total. The molecule has 2 aromatic rings. The lowest BCUT2D eigenvalue weighted by Crippen LogP contribution is -1.72. The van der Waals surface area contributed by atoms with Gasteiger partial charge < -0.3 is 0 Å². The van der Waals surface area contributed by atoms with Crippen LogP contribution in [-0.4, -0.2) is 0 Å². The number of hydrogen-bond acceptors (Lipinski definition) is 1. The number of rotatable bonds is 0. The standard InChI is InChI=1S/C8H3Br2FS/c9-4-1-2-5(10)8-7(4)6(11)3-12-8/h1-3H. The zero-order valence-corrected chi connectivity index (χ0v) is 9.76. The molecule has 0 saturated heterocycles. The Balaban J connectivity index is 2.98. The van der Waals surface area contributed by atoms with Crippen molar-refractivity contribution in [2.24, 2.45) is 0 Å². The van der Waals surface area contributed by atoms with Gasteiger partial charge >= 0.3 is 0 Å². The average molecular weight is 310 g/mol. The van der Waals surface area contributed by atoms with Gasteiger partial charge in [0, 0.05) is 19.7 Å². The van der Waals surface area contributed by atoms with Gasteiger partial charge in [0.15, 0.2) is 0 Å². The van der Waals surface area contributed by atoms with E-state index in [1.54, 1.807) is 0 Å². The molecule has 0 radical (unpaired) electrons. The van der Waals surface area contributed by atoms with Crippen molar-refractivity contribution in [3.63, 3.8) is 0 Å². The van der Waals surface area contributed by atoms with Crippen LogP contribution in [0.2, 0.25) is 0 Å². The molecule has 0 spiro atoms. The van der Waals surface area contributed by atoms with Crippen LogP contribution in [0.5, 0.6) is 0 Å². The fourth-order valence-corrected chi connectivity index (χ4v) is 3.15. The molecule has 0 aliphatic heterocycles. The van der Waals surface area contributed by atoms with Gasteiger partial charge in [-0.1, -0.05) is 15.9 Å². The van der Waals surface area contributed by atoms with Crippen LogP contribution in [0, 0.1) is 5.82 Å². The largest absolute Gasteiger partial charge is 0.205 e. The lowest BCUT2D eigenvalue weighted by atomic mass is 10.3. The third kappa shape index (κ3) is 1.22. The molecule has 1 aromatic heterocycles. The molecular formula is C8H3Br2FS. The maximum absolute atomic E-state index is 13.1. The Bertz CT molecular complexity index is 436. The first-order valence-corrected chi connectivity index (χ1v) is 5.67. The van der Waals surface area contributed by atoms with Crippen molar-refractivity contribution in [1.29, 1.82) is 0 Å². The van der Waals surface area contributed by atoms with Gasteiger partial charge in [-0.15, -0.1) is 11.3 Å². The van der Waals surface area contributed by atoms with E-state index in [0.717, 1.165) is 13.6 Å². The fourth-order valence-electron chi connectivity index (χ4n) is 1.04. The van der Waals surface area contributed by atoms with Crippen LogP contribution in [-0.2, 0) is 0 Å². The van der Waals surface area contributed by atoms with Gasteiger partial charge in [0.25, 0.3) is 0 Å². The number of benzene rings is 1. The Labute approximate surface area is 89.7 Å². The summed E-state index contributed by atoms with van der Waals surface area (Å²) in [7, 11) is 0. The normalized spacial score (nSPS) is 10.9. The molecule has 0 bridgehead atoms. The highest BCUT2D eigenvalue weighted by atomic mass is 79.9. The van der Waals surface area contributed by atoms with Crippen LogP contribution in [0.15, 0.2) is 26.5 Å². The maximum Gasteiger partial charge on any atom is 0.142 e. The Hall–Kier alpha value is 0.0700. The molecule has 12 heavy (non-hydrogen) atoms. The van der Waals surface area contributed by atoms with Gasteiger partial charge in [0.05, 0.1) is 4.70 Å².